The average molecular weight is 240 g/mol. The summed E-state index contributed by atoms with van der Waals surface area (Å²) in [5.74, 6) is 0. The minimum absolute atomic E-state index is 0. The summed E-state index contributed by atoms with van der Waals surface area (Å²) in [6.45, 7) is 6.39. The minimum atomic E-state index is -3.17. The smallest absolute Gasteiger partial charge is 0.206 e. The van der Waals surface area contributed by atoms with Crippen LogP contribution in [-0.4, -0.2) is 49.7 Å². The molecule has 0 fully saturated rings. The van der Waals surface area contributed by atoms with E-state index < -0.39 is 10.0 Å². The Hall–Kier alpha value is -0.290. The highest BCUT2D eigenvalue weighted by atomic mass is 32.2. The second-order valence-electron chi connectivity index (χ2n) is 1.79. The van der Waals surface area contributed by atoms with Crippen molar-refractivity contribution in [3.05, 3.63) is 0 Å². The molecule has 0 radical (unpaired) electrons. The number of sulfonamides is 1. The maximum atomic E-state index is 9.41. The van der Waals surface area contributed by atoms with Crippen molar-refractivity contribution >= 4 is 10.0 Å². The molecule has 0 saturated heterocycles. The Morgan fingerprint density at radius 3 is 1.14 bits per heavy atom. The third-order valence-electron chi connectivity index (χ3n) is 0.500. The van der Waals surface area contributed by atoms with Crippen LogP contribution in [0.2, 0.25) is 0 Å². The first-order valence-electron chi connectivity index (χ1n) is 3.10. The van der Waals surface area contributed by atoms with Crippen molar-refractivity contribution in [2.75, 3.05) is 19.3 Å². The van der Waals surface area contributed by atoms with Gasteiger partial charge in [0.1, 0.15) is 0 Å². The van der Waals surface area contributed by atoms with E-state index >= 15 is 0 Å². The number of hydrogen-bond donors (Lipinski definition) is 2. The van der Waals surface area contributed by atoms with E-state index in [9.17, 15) is 8.42 Å². The lowest BCUT2D eigenvalue weighted by atomic mass is 10.7. The molecule has 0 aromatic rings. The Kier molecular flexibility index (Phi) is 61.1. The molecule has 0 bridgehead atoms. The Morgan fingerprint density at radius 1 is 1.00 bits per heavy atom. The van der Waals surface area contributed by atoms with Gasteiger partial charge in [-0.2, -0.15) is 0 Å². The van der Waals surface area contributed by atoms with Crippen molar-refractivity contribution in [1.82, 2.24) is 5.32 Å². The Bertz CT molecular complexity index is 138. The predicted molar refractivity (Wildman–Crippen MR) is 57.7 cm³/mol. The summed E-state index contributed by atoms with van der Waals surface area (Å²) in [6, 6.07) is 0. The van der Waals surface area contributed by atoms with E-state index in [1.165, 1.54) is 0 Å². The zero-order chi connectivity index (χ0) is 8.62. The van der Waals surface area contributed by atoms with Gasteiger partial charge in [-0.05, 0) is 13.1 Å². The van der Waals surface area contributed by atoms with Crippen LogP contribution >= 0.6 is 0 Å². The maximum absolute atomic E-state index is 9.41. The molecule has 9 heteroatoms. The summed E-state index contributed by atoms with van der Waals surface area (Å²) >= 11 is 0. The van der Waals surface area contributed by atoms with Crippen LogP contribution in [-0.2, 0) is 10.0 Å². The second-order valence-corrected chi connectivity index (χ2v) is 3.45. The highest BCUT2D eigenvalue weighted by molar-refractivity contribution is 7.88. The van der Waals surface area contributed by atoms with E-state index in [2.05, 4.69) is 24.3 Å². The number of hydrogen-bond acceptors (Lipinski definition) is 3. The Balaban J connectivity index is -0.0000000178. The molecule has 0 rings (SSSR count). The lowest BCUT2D eigenvalue weighted by molar-refractivity contribution is 0.603. The van der Waals surface area contributed by atoms with Gasteiger partial charge in [-0.1, -0.05) is 13.8 Å². The predicted octanol–water partition coefficient (Wildman–Crippen LogP) is -3.78. The van der Waals surface area contributed by atoms with Crippen molar-refractivity contribution in [2.45, 2.75) is 13.8 Å². The van der Waals surface area contributed by atoms with Crippen LogP contribution in [0.4, 0.5) is 0 Å². The quantitative estimate of drug-likeness (QED) is 0.499. The fraction of sp³-hybridized carbons (Fsp3) is 1.00. The number of rotatable bonds is 2. The second kappa shape index (κ2) is 23.0. The van der Waals surface area contributed by atoms with Crippen LogP contribution in [0.5, 0.6) is 0 Å². The van der Waals surface area contributed by atoms with Gasteiger partial charge in [0.25, 0.3) is 0 Å². The number of nitrogens with two attached hydrogens (primary N) is 1. The third-order valence-corrected chi connectivity index (χ3v) is 0.500. The van der Waals surface area contributed by atoms with Crippen LogP contribution in [0, 0.1) is 0 Å². The van der Waals surface area contributed by atoms with E-state index in [0.29, 0.717) is 0 Å². The molecule has 0 spiro atoms. The van der Waals surface area contributed by atoms with Gasteiger partial charge in [0.15, 0.2) is 0 Å². The van der Waals surface area contributed by atoms with Crippen LogP contribution in [0.3, 0.4) is 0 Å². The van der Waals surface area contributed by atoms with Crippen LogP contribution in [0.15, 0.2) is 0 Å². The van der Waals surface area contributed by atoms with Gasteiger partial charge in [-0.15, -0.1) is 0 Å². The molecule has 0 atom stereocenters. The topological polar surface area (TPSA) is 198 Å². The van der Waals surface area contributed by atoms with E-state index in [4.69, 9.17) is 0 Å². The van der Waals surface area contributed by atoms with Gasteiger partial charge in [0.05, 0.1) is 6.26 Å². The van der Waals surface area contributed by atoms with Gasteiger partial charge in [-0.25, -0.2) is 13.6 Å². The van der Waals surface area contributed by atoms with Crippen LogP contribution in [0.1, 0.15) is 13.8 Å². The molecule has 0 aliphatic carbocycles. The fourth-order valence-corrected chi connectivity index (χ4v) is 0.250. The lowest BCUT2D eigenvalue weighted by Gasteiger charge is -1.86. The normalized spacial score (nSPS) is 7.14. The van der Waals surface area contributed by atoms with Gasteiger partial charge in [0.2, 0.25) is 10.0 Å². The van der Waals surface area contributed by atoms with Crippen molar-refractivity contribution in [2.24, 2.45) is 5.14 Å². The minimum Gasteiger partial charge on any atom is -0.412 e. The zero-order valence-electron chi connectivity index (χ0n) is 8.72. The molecule has 0 unspecified atom stereocenters. The van der Waals surface area contributed by atoms with E-state index in [-0.39, 0.29) is 21.9 Å². The van der Waals surface area contributed by atoms with Crippen molar-refractivity contribution in [3.8, 4) is 0 Å². The first kappa shape index (κ1) is 37.3. The summed E-state index contributed by atoms with van der Waals surface area (Å²) in [4.78, 5) is 0. The Labute approximate surface area is 84.8 Å². The van der Waals surface area contributed by atoms with Crippen LogP contribution < -0.4 is 10.5 Å². The van der Waals surface area contributed by atoms with Gasteiger partial charge >= 0.3 is 0 Å². The molecule has 0 aliphatic heterocycles. The summed E-state index contributed by atoms with van der Waals surface area (Å²) in [5.41, 5.74) is 0. The van der Waals surface area contributed by atoms with E-state index in [1.54, 1.807) is 0 Å². The summed E-state index contributed by atoms with van der Waals surface area (Å²) in [5, 5.41) is 7.44. The van der Waals surface area contributed by atoms with E-state index in [0.717, 1.165) is 19.3 Å². The summed E-state index contributed by atoms with van der Waals surface area (Å²) in [7, 11) is -3.17. The van der Waals surface area contributed by atoms with Gasteiger partial charge in [-0.3, -0.25) is 0 Å². The summed E-state index contributed by atoms with van der Waals surface area (Å²) in [6.07, 6.45) is 0.938. The molecule has 8 nitrogen and oxygen atoms in total. The van der Waals surface area contributed by atoms with E-state index in [1.807, 2.05) is 0 Å². The molecular weight excluding hydrogens is 216 g/mol. The zero-order valence-corrected chi connectivity index (χ0v) is 9.53. The number of nitrogens with one attached hydrogen (secondary N) is 1. The van der Waals surface area contributed by atoms with Crippen LogP contribution in [0.25, 0.3) is 0 Å². The third kappa shape index (κ3) is 459. The number of primary sulfonamides is 1. The Morgan fingerprint density at radius 2 is 1.14 bits per heavy atom. The molecular formula is C5H24N2O6S. The molecule has 0 saturated carbocycles. The fourth-order valence-electron chi connectivity index (χ4n) is 0.250. The molecule has 11 N–H and O–H groups in total. The molecule has 0 aliphatic rings. The molecule has 0 amide bonds. The highest BCUT2D eigenvalue weighted by Crippen LogP contribution is 1.52. The molecule has 96 valence electrons. The first-order valence-corrected chi connectivity index (χ1v) is 5.05. The molecule has 0 aromatic heterocycles. The van der Waals surface area contributed by atoms with Gasteiger partial charge in [0, 0.05) is 0 Å². The van der Waals surface area contributed by atoms with Crippen molar-refractivity contribution in [3.63, 3.8) is 0 Å². The SMILES string of the molecule is CCNCC.CS(N)(=O)=O.O.O.O.O. The van der Waals surface area contributed by atoms with Gasteiger partial charge < -0.3 is 27.2 Å². The molecule has 14 heavy (non-hydrogen) atoms. The first-order chi connectivity index (χ1) is 4.41. The monoisotopic (exact) mass is 240 g/mol. The summed E-state index contributed by atoms with van der Waals surface area (Å²) < 4.78 is 18.8. The molecule has 0 heterocycles. The lowest BCUT2D eigenvalue weighted by Crippen LogP contribution is -2.09. The largest absolute Gasteiger partial charge is 0.412 e. The van der Waals surface area contributed by atoms with Crippen molar-refractivity contribution < 1.29 is 30.3 Å². The standard InChI is InChI=1S/C4H11N.CH5NO2S.4H2O/c1-3-5-4-2;1-5(2,3)4;;;;/h5H,3-4H2,1-2H3;1H3,(H2,2,3,4);4*1H2. The highest BCUT2D eigenvalue weighted by Gasteiger charge is 1.78. The van der Waals surface area contributed by atoms with Crippen molar-refractivity contribution in [1.29, 1.82) is 0 Å². The maximum Gasteiger partial charge on any atom is 0.206 e. The molecule has 0 aromatic carbocycles. The average Bonchev–Trinajstić information content (AvgIpc) is 1.63.